The first-order chi connectivity index (χ1) is 11.7. The lowest BCUT2D eigenvalue weighted by atomic mass is 10.1. The van der Waals surface area contributed by atoms with Crippen molar-refractivity contribution >= 4 is 27.9 Å². The molecule has 0 fully saturated rings. The molecule has 5 nitrogen and oxygen atoms in total. The van der Waals surface area contributed by atoms with Gasteiger partial charge < -0.3 is 0 Å². The van der Waals surface area contributed by atoms with Crippen LogP contribution in [0.1, 0.15) is 16.1 Å². The van der Waals surface area contributed by atoms with Crippen LogP contribution < -0.4 is 5.32 Å². The fraction of sp³-hybridized carbons (Fsp3) is 0.0556. The molecule has 4 aromatic rings. The zero-order chi connectivity index (χ0) is 16.5. The number of rotatable bonds is 3. The van der Waals surface area contributed by atoms with E-state index in [0.717, 1.165) is 16.8 Å². The van der Waals surface area contributed by atoms with Crippen molar-refractivity contribution in [3.8, 4) is 11.3 Å². The third-order valence-corrected chi connectivity index (χ3v) is 4.48. The highest BCUT2D eigenvalue weighted by Gasteiger charge is 2.13. The minimum Gasteiger partial charge on any atom is -0.297 e. The maximum Gasteiger partial charge on any atom is 0.274 e. The van der Waals surface area contributed by atoms with Gasteiger partial charge in [0.05, 0.1) is 23.7 Å². The Labute approximate surface area is 142 Å². The lowest BCUT2D eigenvalue weighted by Crippen LogP contribution is -2.15. The molecule has 0 bridgehead atoms. The van der Waals surface area contributed by atoms with E-state index in [1.807, 2.05) is 42.6 Å². The quantitative estimate of drug-likeness (QED) is 0.615. The number of pyridine rings is 1. The summed E-state index contributed by atoms with van der Waals surface area (Å²) in [5.41, 5.74) is 4.49. The van der Waals surface area contributed by atoms with Crippen LogP contribution >= 0.6 is 11.3 Å². The summed E-state index contributed by atoms with van der Waals surface area (Å²) in [4.78, 5) is 21.1. The van der Waals surface area contributed by atoms with E-state index in [-0.39, 0.29) is 5.91 Å². The zero-order valence-electron chi connectivity index (χ0n) is 12.9. The molecule has 0 saturated heterocycles. The summed E-state index contributed by atoms with van der Waals surface area (Å²) < 4.78 is 1.75. The van der Waals surface area contributed by atoms with Crippen molar-refractivity contribution in [2.75, 3.05) is 5.32 Å². The van der Waals surface area contributed by atoms with Gasteiger partial charge in [0.1, 0.15) is 5.69 Å². The molecule has 118 valence electrons. The third kappa shape index (κ3) is 2.68. The SMILES string of the molecule is Cc1cccc(-c2csc(NC(=O)c3cccc4cncn34)n2)c1. The Morgan fingerprint density at radius 3 is 2.96 bits per heavy atom. The smallest absolute Gasteiger partial charge is 0.274 e. The molecule has 0 atom stereocenters. The molecule has 0 aliphatic carbocycles. The maximum atomic E-state index is 12.5. The van der Waals surface area contributed by atoms with Crippen LogP contribution in [0.2, 0.25) is 0 Å². The molecular weight excluding hydrogens is 320 g/mol. The number of hydrogen-bond donors (Lipinski definition) is 1. The first kappa shape index (κ1) is 14.6. The Morgan fingerprint density at radius 2 is 2.08 bits per heavy atom. The van der Waals surface area contributed by atoms with Gasteiger partial charge in [-0.25, -0.2) is 9.97 Å². The maximum absolute atomic E-state index is 12.5. The molecule has 0 unspecified atom stereocenters. The number of nitrogens with zero attached hydrogens (tertiary/aromatic N) is 3. The summed E-state index contributed by atoms with van der Waals surface area (Å²) >= 11 is 1.41. The molecular formula is C18H14N4OS. The minimum atomic E-state index is -0.205. The Morgan fingerprint density at radius 1 is 1.21 bits per heavy atom. The number of thiazole rings is 1. The Balaban J connectivity index is 1.60. The number of imidazole rings is 1. The van der Waals surface area contributed by atoms with Crippen LogP contribution in [0.5, 0.6) is 0 Å². The van der Waals surface area contributed by atoms with Crippen molar-refractivity contribution < 1.29 is 4.79 Å². The number of hydrogen-bond acceptors (Lipinski definition) is 4. The normalized spacial score (nSPS) is 10.9. The van der Waals surface area contributed by atoms with Gasteiger partial charge in [0.25, 0.3) is 5.91 Å². The van der Waals surface area contributed by atoms with E-state index in [2.05, 4.69) is 21.4 Å². The van der Waals surface area contributed by atoms with Gasteiger partial charge >= 0.3 is 0 Å². The van der Waals surface area contributed by atoms with Crippen molar-refractivity contribution in [1.29, 1.82) is 0 Å². The van der Waals surface area contributed by atoms with E-state index < -0.39 is 0 Å². The number of carbonyl (C=O) groups excluding carboxylic acids is 1. The number of amides is 1. The topological polar surface area (TPSA) is 59.3 Å². The molecule has 0 aliphatic heterocycles. The summed E-state index contributed by atoms with van der Waals surface area (Å²) in [5.74, 6) is -0.205. The number of nitrogens with one attached hydrogen (secondary N) is 1. The lowest BCUT2D eigenvalue weighted by Gasteiger charge is -2.04. The van der Waals surface area contributed by atoms with Crippen molar-refractivity contribution in [2.45, 2.75) is 6.92 Å². The average Bonchev–Trinajstić information content (AvgIpc) is 3.23. The number of aryl methyl sites for hydroxylation is 1. The number of carbonyl (C=O) groups is 1. The second kappa shape index (κ2) is 5.90. The minimum absolute atomic E-state index is 0.205. The largest absolute Gasteiger partial charge is 0.297 e. The second-order valence-electron chi connectivity index (χ2n) is 5.46. The predicted octanol–water partition coefficient (Wildman–Crippen LogP) is 4.02. The van der Waals surface area contributed by atoms with Gasteiger partial charge in [-0.15, -0.1) is 11.3 Å². The van der Waals surface area contributed by atoms with Crippen LogP contribution in [0, 0.1) is 6.92 Å². The molecule has 0 aliphatic rings. The van der Waals surface area contributed by atoms with Crippen LogP contribution in [-0.2, 0) is 0 Å². The number of fused-ring (bicyclic) bond motifs is 1. The van der Waals surface area contributed by atoms with Crippen LogP contribution in [0.25, 0.3) is 16.8 Å². The molecule has 3 aromatic heterocycles. The molecule has 0 radical (unpaired) electrons. The highest BCUT2D eigenvalue weighted by molar-refractivity contribution is 7.14. The molecule has 0 saturated carbocycles. The van der Waals surface area contributed by atoms with E-state index in [0.29, 0.717) is 10.8 Å². The fourth-order valence-electron chi connectivity index (χ4n) is 2.56. The van der Waals surface area contributed by atoms with Crippen LogP contribution in [0.4, 0.5) is 5.13 Å². The van der Waals surface area contributed by atoms with Gasteiger partial charge in [-0.2, -0.15) is 0 Å². The molecule has 4 rings (SSSR count). The molecule has 6 heteroatoms. The Hall–Kier alpha value is -2.99. The van der Waals surface area contributed by atoms with E-state index in [4.69, 9.17) is 0 Å². The van der Waals surface area contributed by atoms with Gasteiger partial charge in [-0.1, -0.05) is 29.8 Å². The van der Waals surface area contributed by atoms with Gasteiger partial charge in [0, 0.05) is 10.9 Å². The molecule has 3 heterocycles. The van der Waals surface area contributed by atoms with Crippen LogP contribution in [0.15, 0.2) is 60.4 Å². The summed E-state index contributed by atoms with van der Waals surface area (Å²) in [6.07, 6.45) is 3.35. The first-order valence-corrected chi connectivity index (χ1v) is 8.34. The van der Waals surface area contributed by atoms with Crippen LogP contribution in [0.3, 0.4) is 0 Å². The molecule has 1 N–H and O–H groups in total. The van der Waals surface area contributed by atoms with Gasteiger partial charge in [-0.3, -0.25) is 14.5 Å². The van der Waals surface area contributed by atoms with E-state index in [1.165, 1.54) is 16.9 Å². The van der Waals surface area contributed by atoms with Gasteiger partial charge in [-0.05, 0) is 25.1 Å². The molecule has 1 amide bonds. The van der Waals surface area contributed by atoms with E-state index in [9.17, 15) is 4.79 Å². The van der Waals surface area contributed by atoms with Crippen LogP contribution in [-0.4, -0.2) is 20.3 Å². The van der Waals surface area contributed by atoms with E-state index >= 15 is 0 Å². The Kier molecular flexibility index (Phi) is 3.59. The standard InChI is InChI=1S/C18H14N4OS/c1-12-4-2-5-13(8-12)15-10-24-18(20-15)21-17(23)16-7-3-6-14-9-19-11-22(14)16/h2-11H,1H3,(H,20,21,23). The monoisotopic (exact) mass is 334 g/mol. The van der Waals surface area contributed by atoms with Crippen molar-refractivity contribution in [2.24, 2.45) is 0 Å². The highest BCUT2D eigenvalue weighted by Crippen LogP contribution is 2.25. The van der Waals surface area contributed by atoms with Gasteiger partial charge in [0.2, 0.25) is 0 Å². The van der Waals surface area contributed by atoms with Crippen molar-refractivity contribution in [3.05, 3.63) is 71.6 Å². The van der Waals surface area contributed by atoms with E-state index in [1.54, 1.807) is 23.0 Å². The average molecular weight is 334 g/mol. The van der Waals surface area contributed by atoms with Crippen molar-refractivity contribution in [1.82, 2.24) is 14.4 Å². The molecule has 1 aromatic carbocycles. The Bertz CT molecular complexity index is 1030. The second-order valence-corrected chi connectivity index (χ2v) is 6.32. The van der Waals surface area contributed by atoms with Gasteiger partial charge in [0.15, 0.2) is 5.13 Å². The zero-order valence-corrected chi connectivity index (χ0v) is 13.7. The molecule has 24 heavy (non-hydrogen) atoms. The summed E-state index contributed by atoms with van der Waals surface area (Å²) in [6.45, 7) is 2.05. The fourth-order valence-corrected chi connectivity index (χ4v) is 3.28. The number of anilines is 1. The summed E-state index contributed by atoms with van der Waals surface area (Å²) in [7, 11) is 0. The summed E-state index contributed by atoms with van der Waals surface area (Å²) in [6, 6.07) is 13.6. The lowest BCUT2D eigenvalue weighted by molar-refractivity contribution is 0.102. The number of benzene rings is 1. The molecule has 0 spiro atoms. The predicted molar refractivity (Wildman–Crippen MR) is 95.4 cm³/mol. The highest BCUT2D eigenvalue weighted by atomic mass is 32.1. The number of aromatic nitrogens is 3. The third-order valence-electron chi connectivity index (χ3n) is 3.72. The summed E-state index contributed by atoms with van der Waals surface area (Å²) in [5, 5.41) is 5.39. The van der Waals surface area contributed by atoms with Crippen molar-refractivity contribution in [3.63, 3.8) is 0 Å². The first-order valence-electron chi connectivity index (χ1n) is 7.46.